The van der Waals surface area contributed by atoms with E-state index in [4.69, 9.17) is 4.74 Å². The second kappa shape index (κ2) is 13.8. The summed E-state index contributed by atoms with van der Waals surface area (Å²) in [6.45, 7) is 0. The number of ether oxygens (including phenoxy) is 1. The van der Waals surface area contributed by atoms with E-state index in [9.17, 15) is 0 Å². The first kappa shape index (κ1) is 33.6. The molecular weight excluding hydrogens is 712 g/mol. The van der Waals surface area contributed by atoms with Crippen molar-refractivity contribution in [2.45, 2.75) is 0 Å². The average Bonchev–Trinajstić information content (AvgIpc) is 3.27. The summed E-state index contributed by atoms with van der Waals surface area (Å²) in [7, 11) is 0. The molecule has 274 valence electrons. The molecule has 10 aromatic rings. The van der Waals surface area contributed by atoms with Crippen LogP contribution in [0, 0.1) is 5.82 Å². The molecule has 0 bridgehead atoms. The maximum absolute atomic E-state index is 15.8. The first-order valence-electron chi connectivity index (χ1n) is 19.5. The molecule has 0 spiro atoms. The Morgan fingerprint density at radius 3 is 1.81 bits per heavy atom. The highest BCUT2D eigenvalue weighted by Gasteiger charge is 2.26. The Morgan fingerprint density at radius 1 is 0.345 bits per heavy atom. The van der Waals surface area contributed by atoms with E-state index >= 15 is 4.39 Å². The van der Waals surface area contributed by atoms with Gasteiger partial charge in [-0.2, -0.15) is 0 Å². The number of para-hydroxylation sites is 2. The Balaban J connectivity index is 1.04. The number of rotatable bonds is 7. The van der Waals surface area contributed by atoms with Gasteiger partial charge in [-0.1, -0.05) is 127 Å². The number of halogens is 1. The van der Waals surface area contributed by atoms with E-state index in [2.05, 4.69) is 155 Å². The average molecular weight is 747 g/mol. The van der Waals surface area contributed by atoms with Gasteiger partial charge < -0.3 is 14.5 Å². The van der Waals surface area contributed by atoms with Crippen molar-refractivity contribution in [3.05, 3.63) is 218 Å². The summed E-state index contributed by atoms with van der Waals surface area (Å²) in [5, 5.41) is 6.73. The summed E-state index contributed by atoms with van der Waals surface area (Å²) < 4.78 is 22.7. The molecule has 0 aliphatic carbocycles. The van der Waals surface area contributed by atoms with Crippen molar-refractivity contribution in [2.24, 2.45) is 0 Å². The fourth-order valence-corrected chi connectivity index (χ4v) is 8.62. The van der Waals surface area contributed by atoms with Gasteiger partial charge in [-0.05, 0) is 117 Å². The zero-order chi connectivity index (χ0) is 38.6. The quantitative estimate of drug-likeness (QED) is 0.162. The summed E-state index contributed by atoms with van der Waals surface area (Å²) in [5.41, 5.74) is 9.59. The Labute approximate surface area is 336 Å². The van der Waals surface area contributed by atoms with Gasteiger partial charge in [0.05, 0.1) is 5.69 Å². The predicted octanol–water partition coefficient (Wildman–Crippen LogP) is 15.7. The molecule has 1 heterocycles. The minimum atomic E-state index is -0.305. The van der Waals surface area contributed by atoms with Gasteiger partial charge in [0.25, 0.3) is 0 Å². The molecule has 1 aliphatic heterocycles. The first-order chi connectivity index (χ1) is 28.7. The molecule has 3 nitrogen and oxygen atoms in total. The van der Waals surface area contributed by atoms with Gasteiger partial charge in [0.15, 0.2) is 0 Å². The molecule has 11 rings (SSSR count). The monoisotopic (exact) mass is 746 g/mol. The lowest BCUT2D eigenvalue weighted by Gasteiger charge is -2.30. The Kier molecular flexibility index (Phi) is 8.00. The van der Waals surface area contributed by atoms with Gasteiger partial charge in [0.1, 0.15) is 17.3 Å². The molecule has 1 aliphatic rings. The Bertz CT molecular complexity index is 3170. The van der Waals surface area contributed by atoms with Crippen LogP contribution in [0.25, 0.3) is 54.6 Å². The summed E-state index contributed by atoms with van der Waals surface area (Å²) in [4.78, 5) is 4.43. The fraction of sp³-hybridized carbons (Fsp3) is 0. The van der Waals surface area contributed by atoms with Crippen LogP contribution in [-0.2, 0) is 0 Å². The minimum absolute atomic E-state index is 0.305. The van der Waals surface area contributed by atoms with Crippen molar-refractivity contribution in [3.8, 4) is 33.8 Å². The molecular formula is C54H35FN2O. The SMILES string of the molecule is Fc1cc(-c2cccc3ccccc23)cc(N(c2ccccc2)c2ccc3c(c2)Oc2cccc4c(N(c5ccccc5)c5ccc6ccccc6c5)ccc-3c24)c1. The molecule has 0 atom stereocenters. The number of fused-ring (bicyclic) bond motifs is 4. The smallest absolute Gasteiger partial charge is 0.137 e. The summed E-state index contributed by atoms with van der Waals surface area (Å²) in [6, 6.07) is 72.5. The minimum Gasteiger partial charge on any atom is -0.456 e. The second-order valence-electron chi connectivity index (χ2n) is 14.7. The molecule has 4 heteroatoms. The zero-order valence-corrected chi connectivity index (χ0v) is 31.4. The van der Waals surface area contributed by atoms with E-state index in [1.807, 2.05) is 54.6 Å². The van der Waals surface area contributed by atoms with E-state index < -0.39 is 0 Å². The highest BCUT2D eigenvalue weighted by molar-refractivity contribution is 6.11. The van der Waals surface area contributed by atoms with Gasteiger partial charge in [0, 0.05) is 50.8 Å². The van der Waals surface area contributed by atoms with Gasteiger partial charge >= 0.3 is 0 Å². The molecule has 10 aromatic carbocycles. The number of nitrogens with zero attached hydrogens (tertiary/aromatic N) is 2. The number of benzene rings is 10. The molecule has 0 amide bonds. The van der Waals surface area contributed by atoms with Crippen LogP contribution in [0.2, 0.25) is 0 Å². The van der Waals surface area contributed by atoms with Crippen molar-refractivity contribution in [1.82, 2.24) is 0 Å². The van der Waals surface area contributed by atoms with Crippen LogP contribution >= 0.6 is 0 Å². The maximum Gasteiger partial charge on any atom is 0.137 e. The molecule has 0 unspecified atom stereocenters. The van der Waals surface area contributed by atoms with Crippen molar-refractivity contribution in [1.29, 1.82) is 0 Å². The lowest BCUT2D eigenvalue weighted by Crippen LogP contribution is -2.12. The van der Waals surface area contributed by atoms with Gasteiger partial charge in [0.2, 0.25) is 0 Å². The third-order valence-electron chi connectivity index (χ3n) is 11.2. The van der Waals surface area contributed by atoms with Gasteiger partial charge in [-0.15, -0.1) is 0 Å². The molecule has 58 heavy (non-hydrogen) atoms. The largest absolute Gasteiger partial charge is 0.456 e. The van der Waals surface area contributed by atoms with Crippen molar-refractivity contribution < 1.29 is 9.13 Å². The van der Waals surface area contributed by atoms with E-state index in [0.29, 0.717) is 5.69 Å². The third-order valence-corrected chi connectivity index (χ3v) is 11.2. The summed E-state index contributed by atoms with van der Waals surface area (Å²) in [5.74, 6) is 1.23. The molecule has 0 fully saturated rings. The number of anilines is 6. The predicted molar refractivity (Wildman–Crippen MR) is 239 cm³/mol. The molecule has 0 N–H and O–H groups in total. The van der Waals surface area contributed by atoms with Crippen molar-refractivity contribution >= 4 is 66.4 Å². The van der Waals surface area contributed by atoms with E-state index in [1.54, 1.807) is 12.1 Å². The Hall–Kier alpha value is -7.69. The van der Waals surface area contributed by atoms with Crippen molar-refractivity contribution in [2.75, 3.05) is 9.80 Å². The van der Waals surface area contributed by atoms with Crippen LogP contribution in [-0.4, -0.2) is 0 Å². The lowest BCUT2D eigenvalue weighted by atomic mass is 9.92. The van der Waals surface area contributed by atoms with Crippen LogP contribution < -0.4 is 14.5 Å². The van der Waals surface area contributed by atoms with E-state index in [0.717, 1.165) is 83.7 Å². The van der Waals surface area contributed by atoms with Crippen LogP contribution in [0.5, 0.6) is 11.5 Å². The van der Waals surface area contributed by atoms with Crippen LogP contribution in [0.1, 0.15) is 0 Å². The van der Waals surface area contributed by atoms with E-state index in [-0.39, 0.29) is 5.82 Å². The second-order valence-corrected chi connectivity index (χ2v) is 14.7. The fourth-order valence-electron chi connectivity index (χ4n) is 8.62. The zero-order valence-electron chi connectivity index (χ0n) is 31.4. The number of hydrogen-bond acceptors (Lipinski definition) is 3. The van der Waals surface area contributed by atoms with E-state index in [1.165, 1.54) is 10.8 Å². The molecule has 0 aromatic heterocycles. The lowest BCUT2D eigenvalue weighted by molar-refractivity contribution is 0.487. The third kappa shape index (κ3) is 5.74. The molecule has 0 saturated carbocycles. The highest BCUT2D eigenvalue weighted by Crippen LogP contribution is 2.52. The normalized spacial score (nSPS) is 11.7. The van der Waals surface area contributed by atoms with Crippen molar-refractivity contribution in [3.63, 3.8) is 0 Å². The molecule has 0 radical (unpaired) electrons. The topological polar surface area (TPSA) is 15.7 Å². The number of hydrogen-bond donors (Lipinski definition) is 0. The standard InChI is InChI=1S/C54H35FN2O/c55-40-31-39(47-22-11-16-37-14-9-10-21-46(37)47)33-45(34-40)56(41-17-3-1-4-18-41)44-27-28-48-49-29-30-51(50-23-12-24-52(54(49)50)58-53(48)35-44)57(42-19-5-2-6-20-42)43-26-25-36-13-7-8-15-38(36)32-43/h1-35H. The highest BCUT2D eigenvalue weighted by atomic mass is 19.1. The van der Waals surface area contributed by atoms with Crippen LogP contribution in [0.15, 0.2) is 212 Å². The van der Waals surface area contributed by atoms with Gasteiger partial charge in [-0.3, -0.25) is 0 Å². The van der Waals surface area contributed by atoms with Gasteiger partial charge in [-0.25, -0.2) is 4.39 Å². The Morgan fingerprint density at radius 2 is 0.983 bits per heavy atom. The first-order valence-corrected chi connectivity index (χ1v) is 19.5. The summed E-state index contributed by atoms with van der Waals surface area (Å²) in [6.07, 6.45) is 0. The van der Waals surface area contributed by atoms with Crippen LogP contribution in [0.4, 0.5) is 38.5 Å². The maximum atomic E-state index is 15.8. The molecule has 0 saturated heterocycles. The van der Waals surface area contributed by atoms with Crippen LogP contribution in [0.3, 0.4) is 0 Å². The summed E-state index contributed by atoms with van der Waals surface area (Å²) >= 11 is 0.